The summed E-state index contributed by atoms with van der Waals surface area (Å²) >= 11 is 0.706. The van der Waals surface area contributed by atoms with E-state index < -0.39 is 33.7 Å². The summed E-state index contributed by atoms with van der Waals surface area (Å²) in [5, 5.41) is 2.16. The first-order valence-corrected chi connectivity index (χ1v) is 13.6. The van der Waals surface area contributed by atoms with Crippen LogP contribution in [0.5, 0.6) is 11.5 Å². The zero-order valence-corrected chi connectivity index (χ0v) is 22.4. The zero-order chi connectivity index (χ0) is 27.4. The Balaban J connectivity index is 1.48. The fourth-order valence-electron chi connectivity index (χ4n) is 3.67. The molecule has 1 aliphatic rings. The van der Waals surface area contributed by atoms with Gasteiger partial charge in [-0.2, -0.15) is 8.42 Å². The third-order valence-electron chi connectivity index (χ3n) is 5.55. The molecule has 38 heavy (non-hydrogen) atoms. The van der Waals surface area contributed by atoms with Crippen molar-refractivity contribution < 1.29 is 31.7 Å². The average molecular weight is 553 g/mol. The van der Waals surface area contributed by atoms with Crippen molar-refractivity contribution in [2.24, 2.45) is 0 Å². The van der Waals surface area contributed by atoms with Gasteiger partial charge in [0.25, 0.3) is 11.1 Å². The first-order valence-electron chi connectivity index (χ1n) is 11.4. The Bertz CT molecular complexity index is 1550. The Kier molecular flexibility index (Phi) is 7.88. The van der Waals surface area contributed by atoms with Crippen molar-refractivity contribution in [1.82, 2.24) is 4.90 Å². The number of nitrogens with one attached hydrogen (secondary N) is 1. The molecule has 196 valence electrons. The topological polar surface area (TPSA) is 119 Å². The number of nitrogens with zero attached hydrogens (tertiary/aromatic N) is 1. The molecule has 0 saturated carbocycles. The van der Waals surface area contributed by atoms with Gasteiger partial charge in [0, 0.05) is 5.69 Å². The number of imide groups is 1. The molecule has 0 unspecified atom stereocenters. The molecular weight excluding hydrogens is 528 g/mol. The molecule has 1 fully saturated rings. The molecule has 1 heterocycles. The van der Waals surface area contributed by atoms with Gasteiger partial charge in [-0.15, -0.1) is 0 Å². The van der Waals surface area contributed by atoms with Crippen LogP contribution < -0.4 is 14.2 Å². The summed E-state index contributed by atoms with van der Waals surface area (Å²) in [6, 6.07) is 17.6. The second-order valence-corrected chi connectivity index (χ2v) is 10.9. The van der Waals surface area contributed by atoms with Crippen LogP contribution in [-0.2, 0) is 19.7 Å². The normalized spacial score (nSPS) is 14.6. The first-order chi connectivity index (χ1) is 18.1. The number of rotatable bonds is 8. The highest BCUT2D eigenvalue weighted by Gasteiger charge is 2.36. The molecule has 0 atom stereocenters. The van der Waals surface area contributed by atoms with E-state index in [0.717, 1.165) is 16.0 Å². The second-order valence-electron chi connectivity index (χ2n) is 8.40. The van der Waals surface area contributed by atoms with Crippen molar-refractivity contribution >= 4 is 50.7 Å². The van der Waals surface area contributed by atoms with E-state index in [9.17, 15) is 22.8 Å². The molecule has 4 rings (SSSR count). The lowest BCUT2D eigenvalue weighted by Gasteiger charge is -2.14. The lowest BCUT2D eigenvalue weighted by Crippen LogP contribution is -2.36. The van der Waals surface area contributed by atoms with E-state index in [1.165, 1.54) is 43.5 Å². The van der Waals surface area contributed by atoms with Gasteiger partial charge >= 0.3 is 10.1 Å². The van der Waals surface area contributed by atoms with E-state index in [2.05, 4.69) is 5.32 Å². The van der Waals surface area contributed by atoms with Gasteiger partial charge in [-0.1, -0.05) is 42.0 Å². The SMILES string of the molecule is COc1cc(/C=C2\SC(=O)N(CC(=O)Nc3ccc(C)cc3C)C2=O)ccc1OS(=O)(=O)c1ccccc1. The summed E-state index contributed by atoms with van der Waals surface area (Å²) in [5.74, 6) is -1.03. The van der Waals surface area contributed by atoms with Gasteiger partial charge in [-0.05, 0) is 73.1 Å². The lowest BCUT2D eigenvalue weighted by atomic mass is 10.1. The number of ether oxygens (including phenoxy) is 1. The Morgan fingerprint density at radius 3 is 2.42 bits per heavy atom. The number of methoxy groups -OCH3 is 1. The van der Waals surface area contributed by atoms with E-state index in [-0.39, 0.29) is 21.3 Å². The summed E-state index contributed by atoms with van der Waals surface area (Å²) in [6.07, 6.45) is 1.46. The quantitative estimate of drug-likeness (QED) is 0.314. The fourth-order valence-corrected chi connectivity index (χ4v) is 5.47. The van der Waals surface area contributed by atoms with E-state index in [1.54, 1.807) is 24.3 Å². The highest BCUT2D eigenvalue weighted by Crippen LogP contribution is 2.35. The molecule has 0 aliphatic carbocycles. The molecule has 3 aromatic rings. The molecule has 0 radical (unpaired) electrons. The first kappa shape index (κ1) is 27.0. The minimum atomic E-state index is -4.09. The molecule has 1 N–H and O–H groups in total. The highest BCUT2D eigenvalue weighted by molar-refractivity contribution is 8.18. The number of amides is 3. The van der Waals surface area contributed by atoms with Gasteiger partial charge in [0.2, 0.25) is 5.91 Å². The number of hydrogen-bond acceptors (Lipinski definition) is 8. The number of carbonyl (C=O) groups excluding carboxylic acids is 3. The summed E-state index contributed by atoms with van der Waals surface area (Å²) in [5.41, 5.74) is 2.99. The van der Waals surface area contributed by atoms with Crippen molar-refractivity contribution in [3.8, 4) is 11.5 Å². The molecule has 3 amide bonds. The van der Waals surface area contributed by atoms with Crippen LogP contribution in [-0.4, -0.2) is 44.0 Å². The van der Waals surface area contributed by atoms with Crippen LogP contribution in [0.15, 0.2) is 76.5 Å². The number of benzene rings is 3. The molecule has 0 bridgehead atoms. The van der Waals surface area contributed by atoms with Crippen LogP contribution in [0.25, 0.3) is 6.08 Å². The van der Waals surface area contributed by atoms with E-state index in [0.29, 0.717) is 23.0 Å². The predicted octanol–water partition coefficient (Wildman–Crippen LogP) is 4.75. The number of thioether (sulfide) groups is 1. The maximum atomic E-state index is 12.9. The number of carbonyl (C=O) groups is 3. The van der Waals surface area contributed by atoms with E-state index >= 15 is 0 Å². The largest absolute Gasteiger partial charge is 0.493 e. The van der Waals surface area contributed by atoms with Crippen LogP contribution in [0, 0.1) is 13.8 Å². The maximum Gasteiger partial charge on any atom is 0.339 e. The van der Waals surface area contributed by atoms with Crippen LogP contribution >= 0.6 is 11.8 Å². The minimum Gasteiger partial charge on any atom is -0.493 e. The summed E-state index contributed by atoms with van der Waals surface area (Å²) in [7, 11) is -2.74. The monoisotopic (exact) mass is 552 g/mol. The number of hydrogen-bond donors (Lipinski definition) is 1. The van der Waals surface area contributed by atoms with E-state index in [4.69, 9.17) is 8.92 Å². The third kappa shape index (κ3) is 6.06. The zero-order valence-electron chi connectivity index (χ0n) is 20.8. The summed E-state index contributed by atoms with van der Waals surface area (Å²) in [4.78, 5) is 38.9. The van der Waals surface area contributed by atoms with Crippen molar-refractivity contribution in [2.75, 3.05) is 19.0 Å². The van der Waals surface area contributed by atoms with Gasteiger partial charge in [0.15, 0.2) is 11.5 Å². The second kappa shape index (κ2) is 11.1. The van der Waals surface area contributed by atoms with Crippen LogP contribution in [0.2, 0.25) is 0 Å². The van der Waals surface area contributed by atoms with Crippen LogP contribution in [0.4, 0.5) is 10.5 Å². The average Bonchev–Trinajstić information content (AvgIpc) is 3.14. The maximum absolute atomic E-state index is 12.9. The molecule has 9 nitrogen and oxygen atoms in total. The standard InChI is InChI=1S/C27H24N2O7S2/c1-17-9-11-21(18(2)13-17)28-25(30)16-29-26(31)24(37-27(29)32)15-19-10-12-22(23(14-19)35-3)36-38(33,34)20-7-5-4-6-8-20/h4-15H,16H2,1-3H3,(H,28,30)/b24-15-. The minimum absolute atomic E-state index is 0.0126. The van der Waals surface area contributed by atoms with E-state index in [1.807, 2.05) is 26.0 Å². The molecule has 3 aromatic carbocycles. The molecule has 11 heteroatoms. The Hall–Kier alpha value is -4.09. The smallest absolute Gasteiger partial charge is 0.339 e. The van der Waals surface area contributed by atoms with Crippen molar-refractivity contribution in [3.63, 3.8) is 0 Å². The molecule has 1 aliphatic heterocycles. The lowest BCUT2D eigenvalue weighted by molar-refractivity contribution is -0.127. The highest BCUT2D eigenvalue weighted by atomic mass is 32.2. The van der Waals surface area contributed by atoms with Gasteiger partial charge < -0.3 is 14.2 Å². The van der Waals surface area contributed by atoms with Gasteiger partial charge in [-0.25, -0.2) is 0 Å². The molecule has 1 saturated heterocycles. The van der Waals surface area contributed by atoms with Gasteiger partial charge in [0.05, 0.1) is 12.0 Å². The van der Waals surface area contributed by atoms with Crippen molar-refractivity contribution in [2.45, 2.75) is 18.7 Å². The number of anilines is 1. The number of aryl methyl sites for hydroxylation is 2. The van der Waals surface area contributed by atoms with Gasteiger partial charge in [-0.3, -0.25) is 19.3 Å². The third-order valence-corrected chi connectivity index (χ3v) is 7.70. The molecule has 0 aromatic heterocycles. The van der Waals surface area contributed by atoms with Crippen molar-refractivity contribution in [3.05, 3.63) is 88.3 Å². The van der Waals surface area contributed by atoms with Crippen LogP contribution in [0.1, 0.15) is 16.7 Å². The summed E-state index contributed by atoms with van der Waals surface area (Å²) in [6.45, 7) is 3.37. The van der Waals surface area contributed by atoms with Crippen LogP contribution in [0.3, 0.4) is 0 Å². The fraction of sp³-hybridized carbons (Fsp3) is 0.148. The Labute approximate surface area is 224 Å². The summed E-state index contributed by atoms with van der Waals surface area (Å²) < 4.78 is 35.7. The Morgan fingerprint density at radius 1 is 1.00 bits per heavy atom. The van der Waals surface area contributed by atoms with Crippen molar-refractivity contribution in [1.29, 1.82) is 0 Å². The molecular formula is C27H24N2O7S2. The predicted molar refractivity (Wildman–Crippen MR) is 144 cm³/mol. The Morgan fingerprint density at radius 2 is 1.74 bits per heavy atom. The molecule has 0 spiro atoms. The van der Waals surface area contributed by atoms with Gasteiger partial charge in [0.1, 0.15) is 11.4 Å².